The number of carbonyl (C=O) groups is 1. The van der Waals surface area contributed by atoms with E-state index >= 15 is 0 Å². The van der Waals surface area contributed by atoms with Crippen molar-refractivity contribution in [1.29, 1.82) is 0 Å². The molecule has 2 bridgehead atoms. The van der Waals surface area contributed by atoms with Gasteiger partial charge in [-0.1, -0.05) is 12.2 Å². The molecule has 3 atom stereocenters. The zero-order chi connectivity index (χ0) is 7.14. The molecule has 0 amide bonds. The summed E-state index contributed by atoms with van der Waals surface area (Å²) in [5.74, 6) is 1.25. The molecule has 1 fully saturated rings. The third kappa shape index (κ3) is 0.807. The molecule has 2 aliphatic carbocycles. The van der Waals surface area contributed by atoms with Crippen molar-refractivity contribution in [1.82, 2.24) is 0 Å². The van der Waals surface area contributed by atoms with E-state index in [2.05, 4.69) is 12.2 Å². The van der Waals surface area contributed by atoms with Crippen LogP contribution in [-0.2, 0) is 4.79 Å². The first-order valence-corrected chi connectivity index (χ1v) is 4.03. The number of carbonyl (C=O) groups excluding carboxylic acids is 1. The second-order valence-electron chi connectivity index (χ2n) is 3.19. The number of hydrogen-bond acceptors (Lipinski definition) is 1. The Hall–Kier alpha value is -0.300. The van der Waals surface area contributed by atoms with Crippen LogP contribution in [0.25, 0.3) is 0 Å². The van der Waals surface area contributed by atoms with Gasteiger partial charge in [0.25, 0.3) is 0 Å². The number of hydrogen-bond donors (Lipinski definition) is 0. The van der Waals surface area contributed by atoms with Crippen LogP contribution in [0.4, 0.5) is 0 Å². The Labute approximate surface area is 65.1 Å². The first kappa shape index (κ1) is 6.41. The molecule has 10 heavy (non-hydrogen) atoms. The Morgan fingerprint density at radius 1 is 1.40 bits per heavy atom. The van der Waals surface area contributed by atoms with E-state index in [-0.39, 0.29) is 11.2 Å². The van der Waals surface area contributed by atoms with Gasteiger partial charge in [0, 0.05) is 5.92 Å². The maximum Gasteiger partial charge on any atom is 0.225 e. The predicted octanol–water partition coefficient (Wildman–Crippen LogP) is 1.96. The van der Waals surface area contributed by atoms with Crippen molar-refractivity contribution in [2.75, 3.05) is 0 Å². The SMILES string of the molecule is O=C(Cl)C1CC2C=CC1C2. The number of allylic oxidation sites excluding steroid dienone is 2. The maximum atomic E-state index is 10.8. The highest BCUT2D eigenvalue weighted by Gasteiger charge is 2.38. The van der Waals surface area contributed by atoms with Crippen LogP contribution < -0.4 is 0 Å². The standard InChI is InChI=1S/C8H9ClO/c9-8(10)7-4-5-1-2-6(7)3-5/h1-2,5-7H,3-4H2. The smallest absolute Gasteiger partial charge is 0.225 e. The maximum absolute atomic E-state index is 10.8. The number of fused-ring (bicyclic) bond motifs is 2. The minimum Gasteiger partial charge on any atom is -0.281 e. The van der Waals surface area contributed by atoms with Crippen LogP contribution in [0.15, 0.2) is 12.2 Å². The van der Waals surface area contributed by atoms with Crippen molar-refractivity contribution in [3.05, 3.63) is 12.2 Å². The zero-order valence-corrected chi connectivity index (χ0v) is 6.34. The van der Waals surface area contributed by atoms with Gasteiger partial charge >= 0.3 is 0 Å². The molecule has 0 aromatic heterocycles. The molecule has 0 aromatic carbocycles. The minimum absolute atomic E-state index is 0.136. The highest BCUT2D eigenvalue weighted by Crippen LogP contribution is 2.44. The average Bonchev–Trinajstić information content (AvgIpc) is 2.44. The summed E-state index contributed by atoms with van der Waals surface area (Å²) in [7, 11) is 0. The lowest BCUT2D eigenvalue weighted by Crippen LogP contribution is -2.13. The van der Waals surface area contributed by atoms with Gasteiger partial charge in [0.05, 0.1) is 0 Å². The third-order valence-electron chi connectivity index (χ3n) is 2.57. The fraction of sp³-hybridized carbons (Fsp3) is 0.625. The fourth-order valence-electron chi connectivity index (χ4n) is 2.04. The quantitative estimate of drug-likeness (QED) is 0.419. The van der Waals surface area contributed by atoms with E-state index in [1.54, 1.807) is 0 Å². The second kappa shape index (κ2) is 2.09. The van der Waals surface area contributed by atoms with Crippen molar-refractivity contribution in [3.63, 3.8) is 0 Å². The van der Waals surface area contributed by atoms with Gasteiger partial charge in [0.1, 0.15) is 0 Å². The Morgan fingerprint density at radius 2 is 2.20 bits per heavy atom. The van der Waals surface area contributed by atoms with Gasteiger partial charge < -0.3 is 0 Å². The van der Waals surface area contributed by atoms with Crippen molar-refractivity contribution in [2.24, 2.45) is 17.8 Å². The van der Waals surface area contributed by atoms with Gasteiger partial charge in [-0.15, -0.1) is 0 Å². The van der Waals surface area contributed by atoms with E-state index in [0.29, 0.717) is 11.8 Å². The number of rotatable bonds is 1. The first-order chi connectivity index (χ1) is 4.77. The lowest BCUT2D eigenvalue weighted by atomic mass is 9.95. The van der Waals surface area contributed by atoms with Crippen LogP contribution in [0.1, 0.15) is 12.8 Å². The van der Waals surface area contributed by atoms with Crippen molar-refractivity contribution < 1.29 is 4.79 Å². The molecule has 0 aliphatic heterocycles. The van der Waals surface area contributed by atoms with Crippen LogP contribution in [0.5, 0.6) is 0 Å². The summed E-state index contributed by atoms with van der Waals surface area (Å²) < 4.78 is 0. The number of halogens is 1. The molecule has 2 rings (SSSR count). The molecule has 3 unspecified atom stereocenters. The Kier molecular flexibility index (Phi) is 1.34. The van der Waals surface area contributed by atoms with E-state index < -0.39 is 0 Å². The molecule has 54 valence electrons. The molecule has 0 aromatic rings. The average molecular weight is 157 g/mol. The molecule has 0 spiro atoms. The largest absolute Gasteiger partial charge is 0.281 e. The fourth-order valence-corrected chi connectivity index (χ4v) is 2.29. The van der Waals surface area contributed by atoms with Crippen LogP contribution in [0.3, 0.4) is 0 Å². The van der Waals surface area contributed by atoms with Crippen molar-refractivity contribution >= 4 is 16.8 Å². The zero-order valence-electron chi connectivity index (χ0n) is 5.59. The van der Waals surface area contributed by atoms with Crippen LogP contribution in [0.2, 0.25) is 0 Å². The van der Waals surface area contributed by atoms with E-state index in [4.69, 9.17) is 11.6 Å². The summed E-state index contributed by atoms with van der Waals surface area (Å²) >= 11 is 5.41. The molecule has 2 aliphatic rings. The molecule has 0 radical (unpaired) electrons. The summed E-state index contributed by atoms with van der Waals surface area (Å²) in [5.41, 5.74) is 0. The monoisotopic (exact) mass is 156 g/mol. The van der Waals surface area contributed by atoms with Gasteiger partial charge in [-0.2, -0.15) is 0 Å². The van der Waals surface area contributed by atoms with Crippen molar-refractivity contribution in [2.45, 2.75) is 12.8 Å². The topological polar surface area (TPSA) is 17.1 Å². The van der Waals surface area contributed by atoms with E-state index in [1.807, 2.05) is 0 Å². The summed E-state index contributed by atoms with van der Waals surface area (Å²) in [6.07, 6.45) is 6.49. The Morgan fingerprint density at radius 3 is 2.50 bits per heavy atom. The summed E-state index contributed by atoms with van der Waals surface area (Å²) in [6, 6.07) is 0. The molecule has 0 heterocycles. The molecular formula is C8H9ClO. The van der Waals surface area contributed by atoms with Gasteiger partial charge in [-0.05, 0) is 36.3 Å². The van der Waals surface area contributed by atoms with Gasteiger partial charge in [-0.25, -0.2) is 0 Å². The molecule has 1 nitrogen and oxygen atoms in total. The molecule has 0 N–H and O–H groups in total. The third-order valence-corrected chi connectivity index (χ3v) is 2.85. The highest BCUT2D eigenvalue weighted by atomic mass is 35.5. The molecule has 1 saturated carbocycles. The second-order valence-corrected chi connectivity index (χ2v) is 3.56. The van der Waals surface area contributed by atoms with E-state index in [1.165, 1.54) is 0 Å². The predicted molar refractivity (Wildman–Crippen MR) is 39.7 cm³/mol. The van der Waals surface area contributed by atoms with Crippen molar-refractivity contribution in [3.8, 4) is 0 Å². The lowest BCUT2D eigenvalue weighted by Gasteiger charge is -2.11. The van der Waals surface area contributed by atoms with Crippen LogP contribution in [-0.4, -0.2) is 5.24 Å². The first-order valence-electron chi connectivity index (χ1n) is 3.65. The summed E-state index contributed by atoms with van der Waals surface area (Å²) in [4.78, 5) is 10.8. The Balaban J connectivity index is 2.16. The normalized spacial score (nSPS) is 42.7. The van der Waals surface area contributed by atoms with Gasteiger partial charge in [-0.3, -0.25) is 4.79 Å². The summed E-state index contributed by atoms with van der Waals surface area (Å²) in [6.45, 7) is 0. The lowest BCUT2D eigenvalue weighted by molar-refractivity contribution is -0.115. The van der Waals surface area contributed by atoms with Gasteiger partial charge in [0.2, 0.25) is 5.24 Å². The Bertz CT molecular complexity index is 197. The highest BCUT2D eigenvalue weighted by molar-refractivity contribution is 6.64. The van der Waals surface area contributed by atoms with Crippen LogP contribution in [0, 0.1) is 17.8 Å². The summed E-state index contributed by atoms with van der Waals surface area (Å²) in [5, 5.41) is -0.142. The molecule has 0 saturated heterocycles. The molecular weight excluding hydrogens is 148 g/mol. The minimum atomic E-state index is -0.142. The van der Waals surface area contributed by atoms with E-state index in [9.17, 15) is 4.79 Å². The van der Waals surface area contributed by atoms with E-state index in [0.717, 1.165) is 12.8 Å². The van der Waals surface area contributed by atoms with Crippen LogP contribution >= 0.6 is 11.6 Å². The molecule has 2 heteroatoms. The van der Waals surface area contributed by atoms with Gasteiger partial charge in [0.15, 0.2) is 0 Å².